The lowest BCUT2D eigenvalue weighted by Gasteiger charge is -2.36. The van der Waals surface area contributed by atoms with Gasteiger partial charge in [0.15, 0.2) is 0 Å². The highest BCUT2D eigenvalue weighted by Gasteiger charge is 2.30. The molecule has 23 heavy (non-hydrogen) atoms. The standard InChI is InChI=1S/C18H26N2O3/c21-17(15-4-2-1-3-5-15)12-16-13-23-11-10-20(16)18(22)19-9-8-14-6-7-14/h1-5,14,16-17,21H,6-13H2,(H,19,22). The predicted octanol–water partition coefficient (Wildman–Crippen LogP) is 2.32. The number of nitrogens with zero attached hydrogens (tertiary/aromatic N) is 1. The molecule has 1 heterocycles. The van der Waals surface area contributed by atoms with Gasteiger partial charge >= 0.3 is 6.03 Å². The molecular formula is C18H26N2O3. The summed E-state index contributed by atoms with van der Waals surface area (Å²) in [6, 6.07) is 9.47. The second-order valence-corrected chi connectivity index (χ2v) is 6.55. The summed E-state index contributed by atoms with van der Waals surface area (Å²) in [4.78, 5) is 14.2. The molecule has 2 amide bonds. The fraction of sp³-hybridized carbons (Fsp3) is 0.611. The van der Waals surface area contributed by atoms with Crippen LogP contribution in [0.4, 0.5) is 4.79 Å². The number of rotatable bonds is 6. The van der Waals surface area contributed by atoms with E-state index in [4.69, 9.17) is 4.74 Å². The van der Waals surface area contributed by atoms with Crippen molar-refractivity contribution in [3.8, 4) is 0 Å². The summed E-state index contributed by atoms with van der Waals surface area (Å²) in [5.74, 6) is 0.815. The first-order valence-corrected chi connectivity index (χ1v) is 8.59. The quantitative estimate of drug-likeness (QED) is 0.846. The second kappa shape index (κ2) is 7.79. The lowest BCUT2D eigenvalue weighted by atomic mass is 10.0. The van der Waals surface area contributed by atoms with Crippen molar-refractivity contribution in [3.63, 3.8) is 0 Å². The number of ether oxygens (including phenoxy) is 1. The molecule has 1 aliphatic carbocycles. The zero-order valence-electron chi connectivity index (χ0n) is 13.5. The summed E-state index contributed by atoms with van der Waals surface area (Å²) in [5.41, 5.74) is 0.882. The highest BCUT2D eigenvalue weighted by atomic mass is 16.5. The van der Waals surface area contributed by atoms with E-state index in [0.717, 1.165) is 24.4 Å². The first-order valence-electron chi connectivity index (χ1n) is 8.59. The van der Waals surface area contributed by atoms with E-state index in [1.54, 1.807) is 0 Å². The predicted molar refractivity (Wildman–Crippen MR) is 88.1 cm³/mol. The zero-order chi connectivity index (χ0) is 16.1. The van der Waals surface area contributed by atoms with Crippen LogP contribution >= 0.6 is 0 Å². The van der Waals surface area contributed by atoms with Crippen LogP contribution in [-0.2, 0) is 4.74 Å². The van der Waals surface area contributed by atoms with Crippen molar-refractivity contribution < 1.29 is 14.6 Å². The Bertz CT molecular complexity index is 504. The zero-order valence-corrected chi connectivity index (χ0v) is 13.5. The smallest absolute Gasteiger partial charge is 0.317 e. The average molecular weight is 318 g/mol. The Kier molecular flexibility index (Phi) is 5.51. The number of aliphatic hydroxyl groups excluding tert-OH is 1. The Balaban J connectivity index is 1.53. The Hall–Kier alpha value is -1.59. The molecule has 1 saturated carbocycles. The van der Waals surface area contributed by atoms with Crippen molar-refractivity contribution in [2.75, 3.05) is 26.3 Å². The average Bonchev–Trinajstić information content (AvgIpc) is 3.40. The minimum Gasteiger partial charge on any atom is -0.388 e. The van der Waals surface area contributed by atoms with Crippen LogP contribution in [0.15, 0.2) is 30.3 Å². The molecule has 1 aliphatic heterocycles. The van der Waals surface area contributed by atoms with E-state index in [1.165, 1.54) is 12.8 Å². The van der Waals surface area contributed by atoms with Crippen LogP contribution in [0.5, 0.6) is 0 Å². The highest BCUT2D eigenvalue weighted by Crippen LogP contribution is 2.31. The third-order valence-electron chi connectivity index (χ3n) is 4.69. The van der Waals surface area contributed by atoms with E-state index in [0.29, 0.717) is 26.2 Å². The Labute approximate surface area is 137 Å². The molecule has 126 valence electrons. The molecule has 1 saturated heterocycles. The van der Waals surface area contributed by atoms with Crippen molar-refractivity contribution in [2.45, 2.75) is 37.8 Å². The molecule has 1 aromatic rings. The number of nitrogens with one attached hydrogen (secondary N) is 1. The molecule has 3 rings (SSSR count). The Morgan fingerprint density at radius 1 is 1.35 bits per heavy atom. The monoisotopic (exact) mass is 318 g/mol. The number of hydrogen-bond donors (Lipinski definition) is 2. The van der Waals surface area contributed by atoms with Gasteiger partial charge in [-0.3, -0.25) is 0 Å². The van der Waals surface area contributed by atoms with Gasteiger partial charge in [-0.15, -0.1) is 0 Å². The first-order chi connectivity index (χ1) is 11.2. The molecule has 2 N–H and O–H groups in total. The molecule has 2 unspecified atom stereocenters. The van der Waals surface area contributed by atoms with Crippen LogP contribution in [0, 0.1) is 5.92 Å². The fourth-order valence-electron chi connectivity index (χ4n) is 3.08. The lowest BCUT2D eigenvalue weighted by molar-refractivity contribution is -0.00690. The number of hydrogen-bond acceptors (Lipinski definition) is 3. The summed E-state index contributed by atoms with van der Waals surface area (Å²) in [5, 5.41) is 13.4. The van der Waals surface area contributed by atoms with E-state index in [9.17, 15) is 9.90 Å². The number of benzene rings is 1. The van der Waals surface area contributed by atoms with Crippen LogP contribution in [-0.4, -0.2) is 48.4 Å². The van der Waals surface area contributed by atoms with Gasteiger partial charge in [0.1, 0.15) is 0 Å². The largest absolute Gasteiger partial charge is 0.388 e. The van der Waals surface area contributed by atoms with Crippen molar-refractivity contribution in [2.24, 2.45) is 5.92 Å². The van der Waals surface area contributed by atoms with E-state index in [-0.39, 0.29) is 12.1 Å². The Morgan fingerprint density at radius 3 is 2.87 bits per heavy atom. The van der Waals surface area contributed by atoms with Gasteiger partial charge in [0.2, 0.25) is 0 Å². The van der Waals surface area contributed by atoms with Crippen molar-refractivity contribution in [3.05, 3.63) is 35.9 Å². The van der Waals surface area contributed by atoms with Crippen molar-refractivity contribution >= 4 is 6.03 Å². The molecule has 0 radical (unpaired) electrons. The molecule has 0 bridgehead atoms. The van der Waals surface area contributed by atoms with Gasteiger partial charge in [-0.25, -0.2) is 4.79 Å². The highest BCUT2D eigenvalue weighted by molar-refractivity contribution is 5.74. The summed E-state index contributed by atoms with van der Waals surface area (Å²) < 4.78 is 5.52. The van der Waals surface area contributed by atoms with Gasteiger partial charge in [-0.05, 0) is 17.9 Å². The molecular weight excluding hydrogens is 292 g/mol. The summed E-state index contributed by atoms with van der Waals surface area (Å²) >= 11 is 0. The second-order valence-electron chi connectivity index (χ2n) is 6.55. The van der Waals surface area contributed by atoms with Gasteiger partial charge in [-0.2, -0.15) is 0 Å². The lowest BCUT2D eigenvalue weighted by Crippen LogP contribution is -2.53. The number of morpholine rings is 1. The summed E-state index contributed by atoms with van der Waals surface area (Å²) in [7, 11) is 0. The minimum atomic E-state index is -0.579. The van der Waals surface area contributed by atoms with Crippen LogP contribution in [0.25, 0.3) is 0 Å². The van der Waals surface area contributed by atoms with Crippen LogP contribution < -0.4 is 5.32 Å². The molecule has 0 aromatic heterocycles. The maximum atomic E-state index is 12.4. The van der Waals surface area contributed by atoms with E-state index in [2.05, 4.69) is 5.32 Å². The number of amides is 2. The van der Waals surface area contributed by atoms with Crippen molar-refractivity contribution in [1.82, 2.24) is 10.2 Å². The SMILES string of the molecule is O=C(NCCC1CC1)N1CCOCC1CC(O)c1ccccc1. The normalized spacial score (nSPS) is 22.7. The molecule has 5 nitrogen and oxygen atoms in total. The van der Waals surface area contributed by atoms with E-state index >= 15 is 0 Å². The number of urea groups is 1. The summed E-state index contributed by atoms with van der Waals surface area (Å²) in [6.45, 7) is 2.38. The Morgan fingerprint density at radius 2 is 2.13 bits per heavy atom. The summed E-state index contributed by atoms with van der Waals surface area (Å²) in [6.07, 6.45) is 3.61. The van der Waals surface area contributed by atoms with Gasteiger partial charge < -0.3 is 20.1 Å². The third-order valence-corrected chi connectivity index (χ3v) is 4.69. The minimum absolute atomic E-state index is 0.0285. The van der Waals surface area contributed by atoms with Gasteiger partial charge in [0.25, 0.3) is 0 Å². The van der Waals surface area contributed by atoms with Gasteiger partial charge in [0, 0.05) is 19.5 Å². The number of carbonyl (C=O) groups is 1. The molecule has 0 spiro atoms. The molecule has 2 fully saturated rings. The van der Waals surface area contributed by atoms with Crippen LogP contribution in [0.3, 0.4) is 0 Å². The van der Waals surface area contributed by atoms with Gasteiger partial charge in [-0.1, -0.05) is 43.2 Å². The number of carbonyl (C=O) groups excluding carboxylic acids is 1. The van der Waals surface area contributed by atoms with Crippen LogP contribution in [0.1, 0.15) is 37.4 Å². The number of aliphatic hydroxyl groups is 1. The molecule has 5 heteroatoms. The first kappa shape index (κ1) is 16.3. The van der Waals surface area contributed by atoms with Crippen molar-refractivity contribution in [1.29, 1.82) is 0 Å². The maximum Gasteiger partial charge on any atom is 0.317 e. The van der Waals surface area contributed by atoms with Gasteiger partial charge in [0.05, 0.1) is 25.4 Å². The molecule has 2 atom stereocenters. The third kappa shape index (κ3) is 4.69. The molecule has 1 aromatic carbocycles. The maximum absolute atomic E-state index is 12.4. The fourth-order valence-corrected chi connectivity index (χ4v) is 3.08. The van der Waals surface area contributed by atoms with E-state index < -0.39 is 6.10 Å². The van der Waals surface area contributed by atoms with Crippen LogP contribution in [0.2, 0.25) is 0 Å². The van der Waals surface area contributed by atoms with E-state index in [1.807, 2.05) is 35.2 Å². The topological polar surface area (TPSA) is 61.8 Å². The molecule has 2 aliphatic rings.